The molecule has 1 aliphatic carbocycles. The van der Waals surface area contributed by atoms with Gasteiger partial charge in [0.2, 0.25) is 5.91 Å². The normalized spacial score (nSPS) is 26.3. The molecule has 0 radical (unpaired) electrons. The number of hydrogen-bond acceptors (Lipinski definition) is 3. The molecule has 186 valence electrons. The number of rotatable bonds is 6. The SMILES string of the molecule is O=C(N1CCCCC1)C1(c2ccccc2)CCN(C[C@@H]2C[C@@]2(C(=O)O)c2ccc(F)c(F)c2)CC1. The number of piperidine rings is 2. The van der Waals surface area contributed by atoms with Crippen molar-refractivity contribution in [3.8, 4) is 0 Å². The van der Waals surface area contributed by atoms with Crippen molar-refractivity contribution in [3.63, 3.8) is 0 Å². The van der Waals surface area contributed by atoms with Crippen molar-refractivity contribution in [2.45, 2.75) is 49.4 Å². The van der Waals surface area contributed by atoms with Crippen molar-refractivity contribution in [1.82, 2.24) is 9.80 Å². The van der Waals surface area contributed by atoms with Gasteiger partial charge in [-0.25, -0.2) is 8.78 Å². The smallest absolute Gasteiger partial charge is 0.314 e. The van der Waals surface area contributed by atoms with E-state index >= 15 is 0 Å². The third-order valence-electron chi connectivity index (χ3n) is 8.49. The average Bonchev–Trinajstić information content (AvgIpc) is 3.62. The number of hydrogen-bond donors (Lipinski definition) is 1. The first-order valence-electron chi connectivity index (χ1n) is 12.6. The molecule has 1 saturated carbocycles. The Hall–Kier alpha value is -2.80. The number of amides is 1. The Bertz CT molecular complexity index is 1090. The number of carbonyl (C=O) groups is 2. The van der Waals surface area contributed by atoms with E-state index in [-0.39, 0.29) is 11.8 Å². The first-order valence-corrected chi connectivity index (χ1v) is 12.6. The molecule has 2 aromatic rings. The molecular formula is C28H32F2N2O3. The van der Waals surface area contributed by atoms with Crippen molar-refractivity contribution < 1.29 is 23.5 Å². The number of halogens is 2. The highest BCUT2D eigenvalue weighted by Crippen LogP contribution is 2.55. The number of likely N-dealkylation sites (tertiary alicyclic amines) is 2. The van der Waals surface area contributed by atoms with Gasteiger partial charge in [0, 0.05) is 19.6 Å². The van der Waals surface area contributed by atoms with Crippen LogP contribution in [-0.4, -0.2) is 59.5 Å². The van der Waals surface area contributed by atoms with E-state index in [1.807, 2.05) is 23.1 Å². The van der Waals surface area contributed by atoms with E-state index in [9.17, 15) is 23.5 Å². The summed E-state index contributed by atoms with van der Waals surface area (Å²) >= 11 is 0. The molecule has 3 aliphatic rings. The van der Waals surface area contributed by atoms with Crippen LogP contribution in [0.25, 0.3) is 0 Å². The van der Waals surface area contributed by atoms with E-state index < -0.39 is 28.4 Å². The summed E-state index contributed by atoms with van der Waals surface area (Å²) < 4.78 is 27.3. The topological polar surface area (TPSA) is 60.9 Å². The standard InChI is InChI=1S/C28H32F2N2O3/c29-23-10-9-21(17-24(23)30)28(26(34)35)18-22(28)19-31-15-11-27(12-16-31,20-7-3-1-4-8-20)25(33)32-13-5-2-6-14-32/h1,3-4,7-10,17,22H,2,5-6,11-16,18-19H2,(H,34,35)/t22-,28+/m0/s1. The predicted molar refractivity (Wildman–Crippen MR) is 128 cm³/mol. The molecule has 0 unspecified atom stereocenters. The molecule has 2 aromatic carbocycles. The van der Waals surface area contributed by atoms with Crippen LogP contribution in [-0.2, 0) is 20.4 Å². The second-order valence-electron chi connectivity index (χ2n) is 10.4. The molecule has 7 heteroatoms. The molecule has 2 atom stereocenters. The number of aliphatic carboxylic acids is 1. The zero-order valence-corrected chi connectivity index (χ0v) is 19.9. The first-order chi connectivity index (χ1) is 16.9. The van der Waals surface area contributed by atoms with E-state index in [4.69, 9.17) is 0 Å². The molecule has 2 saturated heterocycles. The molecule has 0 bridgehead atoms. The Labute approximate surface area is 204 Å². The summed E-state index contributed by atoms with van der Waals surface area (Å²) in [5.74, 6) is -2.94. The monoisotopic (exact) mass is 482 g/mol. The average molecular weight is 483 g/mol. The van der Waals surface area contributed by atoms with Crippen molar-refractivity contribution in [3.05, 3.63) is 71.3 Å². The minimum Gasteiger partial charge on any atom is -0.481 e. The zero-order chi connectivity index (χ0) is 24.6. The van der Waals surface area contributed by atoms with Crippen LogP contribution in [0.15, 0.2) is 48.5 Å². The van der Waals surface area contributed by atoms with Gasteiger partial charge >= 0.3 is 5.97 Å². The maximum Gasteiger partial charge on any atom is 0.314 e. The molecule has 3 fully saturated rings. The van der Waals surface area contributed by atoms with Crippen LogP contribution in [0.5, 0.6) is 0 Å². The van der Waals surface area contributed by atoms with Crippen molar-refractivity contribution >= 4 is 11.9 Å². The van der Waals surface area contributed by atoms with E-state index in [0.29, 0.717) is 44.5 Å². The van der Waals surface area contributed by atoms with Crippen LogP contribution in [0.3, 0.4) is 0 Å². The summed E-state index contributed by atoms with van der Waals surface area (Å²) in [7, 11) is 0. The second-order valence-corrected chi connectivity index (χ2v) is 10.4. The number of carbonyl (C=O) groups excluding carboxylic acids is 1. The first kappa shape index (κ1) is 23.9. The lowest BCUT2D eigenvalue weighted by Gasteiger charge is -2.44. The summed E-state index contributed by atoms with van der Waals surface area (Å²) in [4.78, 5) is 30.3. The van der Waals surface area contributed by atoms with E-state index in [1.165, 1.54) is 12.5 Å². The summed E-state index contributed by atoms with van der Waals surface area (Å²) in [6.07, 6.45) is 5.03. The molecule has 1 N–H and O–H groups in total. The largest absolute Gasteiger partial charge is 0.481 e. The van der Waals surface area contributed by atoms with Crippen LogP contribution >= 0.6 is 0 Å². The Morgan fingerprint density at radius 2 is 1.57 bits per heavy atom. The van der Waals surface area contributed by atoms with Crippen LogP contribution in [0.1, 0.15) is 49.7 Å². The van der Waals surface area contributed by atoms with Crippen LogP contribution in [0.2, 0.25) is 0 Å². The lowest BCUT2D eigenvalue weighted by Crippen LogP contribution is -2.54. The molecule has 0 spiro atoms. The maximum absolute atomic E-state index is 13.8. The van der Waals surface area contributed by atoms with Crippen LogP contribution < -0.4 is 0 Å². The highest BCUT2D eigenvalue weighted by Gasteiger charge is 2.62. The highest BCUT2D eigenvalue weighted by molar-refractivity contribution is 5.89. The van der Waals surface area contributed by atoms with Gasteiger partial charge in [-0.1, -0.05) is 36.4 Å². The molecule has 5 rings (SSSR count). The number of benzene rings is 2. The Kier molecular flexibility index (Phi) is 6.38. The van der Waals surface area contributed by atoms with Gasteiger partial charge in [0.1, 0.15) is 0 Å². The zero-order valence-electron chi connectivity index (χ0n) is 19.9. The molecular weight excluding hydrogens is 450 g/mol. The van der Waals surface area contributed by atoms with E-state index in [2.05, 4.69) is 17.0 Å². The van der Waals surface area contributed by atoms with Gasteiger partial charge in [-0.15, -0.1) is 0 Å². The molecule has 5 nitrogen and oxygen atoms in total. The van der Waals surface area contributed by atoms with Crippen molar-refractivity contribution in [2.24, 2.45) is 5.92 Å². The number of carboxylic acid groups (broad SMARTS) is 1. The minimum absolute atomic E-state index is 0.174. The second kappa shape index (κ2) is 9.34. The van der Waals surface area contributed by atoms with Crippen LogP contribution in [0.4, 0.5) is 8.78 Å². The summed E-state index contributed by atoms with van der Waals surface area (Å²) in [5, 5.41) is 9.98. The quantitative estimate of drug-likeness (QED) is 0.665. The molecule has 35 heavy (non-hydrogen) atoms. The molecule has 0 aromatic heterocycles. The highest BCUT2D eigenvalue weighted by atomic mass is 19.2. The predicted octanol–water partition coefficient (Wildman–Crippen LogP) is 4.35. The van der Waals surface area contributed by atoms with Gasteiger partial charge < -0.3 is 14.9 Å². The van der Waals surface area contributed by atoms with Gasteiger partial charge in [-0.2, -0.15) is 0 Å². The Morgan fingerprint density at radius 3 is 2.20 bits per heavy atom. The van der Waals surface area contributed by atoms with Crippen LogP contribution in [0, 0.1) is 17.6 Å². The number of nitrogens with zero attached hydrogens (tertiary/aromatic N) is 2. The van der Waals surface area contributed by atoms with E-state index in [0.717, 1.165) is 43.6 Å². The number of carboxylic acids is 1. The minimum atomic E-state index is -1.17. The summed E-state index contributed by atoms with van der Waals surface area (Å²) in [6.45, 7) is 3.58. The van der Waals surface area contributed by atoms with Gasteiger partial charge in [-0.05, 0) is 80.8 Å². The lowest BCUT2D eigenvalue weighted by atomic mass is 9.71. The third-order valence-corrected chi connectivity index (χ3v) is 8.49. The van der Waals surface area contributed by atoms with Crippen molar-refractivity contribution in [1.29, 1.82) is 0 Å². The summed E-state index contributed by atoms with van der Waals surface area (Å²) in [5.41, 5.74) is -0.345. The molecule has 2 aliphatic heterocycles. The lowest BCUT2D eigenvalue weighted by molar-refractivity contribution is -0.140. The van der Waals surface area contributed by atoms with Gasteiger partial charge in [0.15, 0.2) is 11.6 Å². The van der Waals surface area contributed by atoms with Gasteiger partial charge in [-0.3, -0.25) is 9.59 Å². The Balaban J connectivity index is 1.31. The third kappa shape index (κ3) is 4.24. The molecule has 1 amide bonds. The van der Waals surface area contributed by atoms with Gasteiger partial charge in [0.05, 0.1) is 10.8 Å². The fourth-order valence-electron chi connectivity index (χ4n) is 6.27. The fraction of sp³-hybridized carbons (Fsp3) is 0.500. The van der Waals surface area contributed by atoms with Crippen molar-refractivity contribution in [2.75, 3.05) is 32.7 Å². The molecule has 2 heterocycles. The summed E-state index contributed by atoms with van der Waals surface area (Å²) in [6, 6.07) is 13.5. The van der Waals surface area contributed by atoms with E-state index in [1.54, 1.807) is 0 Å². The fourth-order valence-corrected chi connectivity index (χ4v) is 6.27. The van der Waals surface area contributed by atoms with Gasteiger partial charge in [0.25, 0.3) is 0 Å². The Morgan fingerprint density at radius 1 is 0.886 bits per heavy atom. The maximum atomic E-state index is 13.8.